The van der Waals surface area contributed by atoms with Gasteiger partial charge in [-0.05, 0) is 33.6 Å². The summed E-state index contributed by atoms with van der Waals surface area (Å²) in [7, 11) is 0. The minimum Gasteiger partial charge on any atom is -0.504 e. The lowest BCUT2D eigenvalue weighted by atomic mass is 10.0. The minimum atomic E-state index is -0.537. The lowest BCUT2D eigenvalue weighted by Crippen LogP contribution is -2.29. The normalized spacial score (nSPS) is 10.6. The zero-order chi connectivity index (χ0) is 18.0. The Morgan fingerprint density at radius 2 is 1.80 bits per heavy atom. The fourth-order valence-electron chi connectivity index (χ4n) is 2.38. The highest BCUT2D eigenvalue weighted by atomic mass is 79.9. The molecule has 7 heteroatoms. The number of nitrogens with zero attached hydrogens (tertiary/aromatic N) is 2. The zero-order valence-electron chi connectivity index (χ0n) is 12.9. The van der Waals surface area contributed by atoms with E-state index < -0.39 is 5.56 Å². The monoisotopic (exact) mass is 417 g/mol. The van der Waals surface area contributed by atoms with E-state index in [1.54, 1.807) is 48.5 Å². The van der Waals surface area contributed by atoms with Gasteiger partial charge in [-0.15, -0.1) is 0 Å². The van der Waals surface area contributed by atoms with Crippen molar-refractivity contribution in [2.75, 3.05) is 0 Å². The molecule has 25 heavy (non-hydrogen) atoms. The first-order chi connectivity index (χ1) is 12.0. The van der Waals surface area contributed by atoms with Gasteiger partial charge in [-0.2, -0.15) is 5.10 Å². The van der Waals surface area contributed by atoms with Gasteiger partial charge in [0.25, 0.3) is 5.56 Å². The molecule has 0 atom stereocenters. The third-order valence-corrected chi connectivity index (χ3v) is 4.43. The molecule has 0 saturated heterocycles. The van der Waals surface area contributed by atoms with E-state index in [9.17, 15) is 9.90 Å². The molecule has 0 radical (unpaired) electrons. The molecule has 1 heterocycles. The number of nitrogens with one attached hydrogen (secondary N) is 1. The lowest BCUT2D eigenvalue weighted by molar-refractivity contribution is 0.455. The van der Waals surface area contributed by atoms with E-state index >= 15 is 0 Å². The van der Waals surface area contributed by atoms with Crippen molar-refractivity contribution >= 4 is 33.2 Å². The molecule has 0 bridgehead atoms. The van der Waals surface area contributed by atoms with Crippen molar-refractivity contribution in [3.8, 4) is 5.75 Å². The summed E-state index contributed by atoms with van der Waals surface area (Å²) >= 11 is 9.03. The van der Waals surface area contributed by atoms with Crippen LogP contribution in [-0.2, 0) is 6.54 Å². The molecule has 2 N–H and O–H groups in total. The fraction of sp³-hybridized carbons (Fsp3) is 0.0556. The van der Waals surface area contributed by atoms with Crippen molar-refractivity contribution in [3.05, 3.63) is 91.3 Å². The summed E-state index contributed by atoms with van der Waals surface area (Å²) in [6.07, 6.45) is 0. The van der Waals surface area contributed by atoms with Gasteiger partial charge in [0.15, 0.2) is 10.4 Å². The molecular weight excluding hydrogens is 406 g/mol. The number of benzene rings is 2. The first-order valence-corrected chi connectivity index (χ1v) is 8.53. The van der Waals surface area contributed by atoms with Crippen LogP contribution in [0.3, 0.4) is 0 Å². The molecule has 3 aromatic rings. The average Bonchev–Trinajstić information content (AvgIpc) is 2.62. The molecule has 5 nitrogen and oxygen atoms in total. The van der Waals surface area contributed by atoms with Crippen LogP contribution in [0.25, 0.3) is 0 Å². The van der Waals surface area contributed by atoms with E-state index in [1.807, 2.05) is 6.07 Å². The van der Waals surface area contributed by atoms with E-state index in [4.69, 9.17) is 17.0 Å². The molecule has 0 aliphatic heterocycles. The predicted octanol–water partition coefficient (Wildman–Crippen LogP) is 3.83. The van der Waals surface area contributed by atoms with Crippen LogP contribution in [0.1, 0.15) is 16.7 Å². The Balaban J connectivity index is 2.07. The average molecular weight is 419 g/mol. The summed E-state index contributed by atoms with van der Waals surface area (Å²) in [5.74, 6) is -0.341. The van der Waals surface area contributed by atoms with Crippen LogP contribution < -0.4 is 5.56 Å². The smallest absolute Gasteiger partial charge is 0.280 e. The van der Waals surface area contributed by atoms with Crippen molar-refractivity contribution in [2.45, 2.75) is 6.54 Å². The van der Waals surface area contributed by atoms with Crippen LogP contribution in [0.15, 0.2) is 64.0 Å². The summed E-state index contributed by atoms with van der Waals surface area (Å²) in [5.41, 5.74) is 0.669. The van der Waals surface area contributed by atoms with Crippen molar-refractivity contribution in [1.82, 2.24) is 9.78 Å². The SMILES string of the molecule is N=C(c1ccccc1)c1c(O)c(Br)nn(Cc2ccc(Cl)cc2)c1=O. The van der Waals surface area contributed by atoms with Gasteiger partial charge in [0, 0.05) is 10.6 Å². The van der Waals surface area contributed by atoms with Crippen molar-refractivity contribution in [1.29, 1.82) is 5.41 Å². The van der Waals surface area contributed by atoms with Crippen molar-refractivity contribution < 1.29 is 5.11 Å². The third-order valence-electron chi connectivity index (χ3n) is 3.65. The second-order valence-electron chi connectivity index (χ2n) is 5.34. The highest BCUT2D eigenvalue weighted by Gasteiger charge is 2.20. The number of halogens is 2. The molecule has 126 valence electrons. The lowest BCUT2D eigenvalue weighted by Gasteiger charge is -2.12. The molecule has 3 rings (SSSR count). The Morgan fingerprint density at radius 1 is 1.16 bits per heavy atom. The first-order valence-electron chi connectivity index (χ1n) is 7.35. The summed E-state index contributed by atoms with van der Waals surface area (Å²) in [6.45, 7) is 0.198. The maximum atomic E-state index is 12.8. The Labute approximate surface area is 157 Å². The molecule has 1 aromatic heterocycles. The van der Waals surface area contributed by atoms with Gasteiger partial charge >= 0.3 is 0 Å². The van der Waals surface area contributed by atoms with Crippen LogP contribution in [0.2, 0.25) is 5.02 Å². The Morgan fingerprint density at radius 3 is 2.44 bits per heavy atom. The van der Waals surface area contributed by atoms with Gasteiger partial charge in [-0.25, -0.2) is 4.68 Å². The second kappa shape index (κ2) is 7.21. The number of rotatable bonds is 4. The first kappa shape index (κ1) is 17.4. The molecule has 2 aromatic carbocycles. The fourth-order valence-corrected chi connectivity index (χ4v) is 2.89. The minimum absolute atomic E-state index is 0.0592. The number of aromatic nitrogens is 2. The topological polar surface area (TPSA) is 79.0 Å². The molecule has 0 unspecified atom stereocenters. The summed E-state index contributed by atoms with van der Waals surface area (Å²) in [4.78, 5) is 12.8. The Hall–Kier alpha value is -2.44. The predicted molar refractivity (Wildman–Crippen MR) is 101 cm³/mol. The summed E-state index contributed by atoms with van der Waals surface area (Å²) in [6, 6.07) is 15.8. The van der Waals surface area contributed by atoms with Gasteiger partial charge in [-0.1, -0.05) is 54.1 Å². The quantitative estimate of drug-likeness (QED) is 0.632. The van der Waals surface area contributed by atoms with Crippen LogP contribution in [0.4, 0.5) is 0 Å². The molecule has 0 spiro atoms. The van der Waals surface area contributed by atoms with Crippen LogP contribution in [0.5, 0.6) is 5.75 Å². The summed E-state index contributed by atoms with van der Waals surface area (Å²) < 4.78 is 1.32. The molecule has 0 amide bonds. The zero-order valence-corrected chi connectivity index (χ0v) is 15.3. The van der Waals surface area contributed by atoms with E-state index in [2.05, 4.69) is 21.0 Å². The molecule has 0 aliphatic carbocycles. The van der Waals surface area contributed by atoms with Gasteiger partial charge in [0.05, 0.1) is 12.3 Å². The van der Waals surface area contributed by atoms with Gasteiger partial charge in [0.1, 0.15) is 5.56 Å². The number of hydrogen-bond donors (Lipinski definition) is 2. The Bertz CT molecular complexity index is 986. The largest absolute Gasteiger partial charge is 0.504 e. The molecule has 0 saturated carbocycles. The van der Waals surface area contributed by atoms with Gasteiger partial charge in [-0.3, -0.25) is 10.2 Å². The van der Waals surface area contributed by atoms with E-state index in [0.29, 0.717) is 10.6 Å². The van der Waals surface area contributed by atoms with Gasteiger partial charge < -0.3 is 5.11 Å². The van der Waals surface area contributed by atoms with Crippen LogP contribution in [-0.4, -0.2) is 20.6 Å². The number of hydrogen-bond acceptors (Lipinski definition) is 4. The maximum Gasteiger partial charge on any atom is 0.280 e. The third kappa shape index (κ3) is 3.65. The summed E-state index contributed by atoms with van der Waals surface area (Å²) in [5, 5.41) is 23.2. The second-order valence-corrected chi connectivity index (χ2v) is 6.53. The number of aromatic hydroxyl groups is 1. The molecule has 0 fully saturated rings. The van der Waals surface area contributed by atoms with E-state index in [-0.39, 0.29) is 28.2 Å². The van der Waals surface area contributed by atoms with E-state index in [1.165, 1.54) is 4.68 Å². The van der Waals surface area contributed by atoms with E-state index in [0.717, 1.165) is 5.56 Å². The highest BCUT2D eigenvalue weighted by Crippen LogP contribution is 2.25. The van der Waals surface area contributed by atoms with Crippen molar-refractivity contribution in [3.63, 3.8) is 0 Å². The van der Waals surface area contributed by atoms with Gasteiger partial charge in [0.2, 0.25) is 0 Å². The maximum absolute atomic E-state index is 12.8. The molecular formula is C18H13BrClN3O2. The van der Waals surface area contributed by atoms with Crippen LogP contribution >= 0.6 is 27.5 Å². The Kier molecular flexibility index (Phi) is 5.01. The van der Waals surface area contributed by atoms with Crippen LogP contribution in [0, 0.1) is 5.41 Å². The van der Waals surface area contributed by atoms with Crippen molar-refractivity contribution in [2.24, 2.45) is 0 Å². The highest BCUT2D eigenvalue weighted by molar-refractivity contribution is 9.10. The standard InChI is InChI=1S/C18H13BrClN3O2/c19-17-16(24)14(15(21)12-4-2-1-3-5-12)18(25)23(22-17)10-11-6-8-13(20)9-7-11/h1-9,21,24H,10H2. The molecule has 0 aliphatic rings.